The normalized spacial score (nSPS) is 19.5. The Morgan fingerprint density at radius 3 is 2.58 bits per heavy atom. The molecule has 1 atom stereocenters. The molecule has 5 nitrogen and oxygen atoms in total. The maximum atomic E-state index is 14.5. The van der Waals surface area contributed by atoms with Gasteiger partial charge >= 0.3 is 0 Å². The van der Waals surface area contributed by atoms with Crippen LogP contribution in [0.1, 0.15) is 55.7 Å². The van der Waals surface area contributed by atoms with Gasteiger partial charge in [0.05, 0.1) is 25.4 Å². The van der Waals surface area contributed by atoms with Crippen molar-refractivity contribution in [2.24, 2.45) is 5.10 Å². The lowest BCUT2D eigenvalue weighted by molar-refractivity contribution is -0.134. The number of carbonyl (C=O) groups is 1. The summed E-state index contributed by atoms with van der Waals surface area (Å²) in [4.78, 5) is 15.5. The van der Waals surface area contributed by atoms with E-state index in [4.69, 9.17) is 4.74 Å². The van der Waals surface area contributed by atoms with Crippen molar-refractivity contribution in [3.05, 3.63) is 65.5 Å². The molecule has 1 heterocycles. The minimum atomic E-state index is -0.325. The molecule has 164 valence electrons. The van der Waals surface area contributed by atoms with Gasteiger partial charge in [0.25, 0.3) is 5.91 Å². The lowest BCUT2D eigenvalue weighted by atomic mass is 9.94. The zero-order valence-electron chi connectivity index (χ0n) is 18.3. The Balaban J connectivity index is 1.62. The summed E-state index contributed by atoms with van der Waals surface area (Å²) in [6.07, 6.45) is 6.41. The average Bonchev–Trinajstić information content (AvgIpc) is 3.25. The van der Waals surface area contributed by atoms with Crippen LogP contribution in [0.5, 0.6) is 5.75 Å². The lowest BCUT2D eigenvalue weighted by Gasteiger charge is -2.32. The van der Waals surface area contributed by atoms with E-state index in [0.717, 1.165) is 18.4 Å². The van der Waals surface area contributed by atoms with E-state index in [1.165, 1.54) is 25.3 Å². The smallest absolute Gasteiger partial charge is 0.257 e. The molecule has 0 radical (unpaired) electrons. The van der Waals surface area contributed by atoms with Crippen LogP contribution in [0.25, 0.3) is 0 Å². The third-order valence-electron chi connectivity index (χ3n) is 6.43. The fourth-order valence-electron chi connectivity index (χ4n) is 4.72. The number of carbonyl (C=O) groups excluding carboxylic acids is 1. The van der Waals surface area contributed by atoms with Crippen LogP contribution >= 0.6 is 0 Å². The molecule has 2 aliphatic rings. The van der Waals surface area contributed by atoms with E-state index in [2.05, 4.69) is 10.0 Å². The molecule has 1 fully saturated rings. The standard InChI is InChI=1S/C25H30FN3O2/c1-28(18-10-4-3-5-11-18)17-25(30)29-23(20-13-7-9-15-24(20)31-2)16-22(27-29)19-12-6-8-14-21(19)26/h6-9,12-15,18,23H,3-5,10-11,16-17H2,1-2H3. The Labute approximate surface area is 183 Å². The van der Waals surface area contributed by atoms with Crippen molar-refractivity contribution in [2.75, 3.05) is 20.7 Å². The summed E-state index contributed by atoms with van der Waals surface area (Å²) in [5.74, 6) is 0.305. The van der Waals surface area contributed by atoms with Crippen molar-refractivity contribution in [2.45, 2.75) is 50.6 Å². The zero-order valence-corrected chi connectivity index (χ0v) is 18.3. The van der Waals surface area contributed by atoms with Gasteiger partial charge in [-0.15, -0.1) is 0 Å². The molecule has 0 aromatic heterocycles. The molecular weight excluding hydrogens is 393 g/mol. The van der Waals surface area contributed by atoms with Gasteiger partial charge in [0.2, 0.25) is 0 Å². The van der Waals surface area contributed by atoms with Crippen molar-refractivity contribution < 1.29 is 13.9 Å². The lowest BCUT2D eigenvalue weighted by Crippen LogP contribution is -2.42. The van der Waals surface area contributed by atoms with Gasteiger partial charge in [-0.1, -0.05) is 55.7 Å². The summed E-state index contributed by atoms with van der Waals surface area (Å²) in [7, 11) is 3.64. The molecule has 0 N–H and O–H groups in total. The van der Waals surface area contributed by atoms with Gasteiger partial charge in [-0.2, -0.15) is 5.10 Å². The van der Waals surface area contributed by atoms with Crippen molar-refractivity contribution in [3.63, 3.8) is 0 Å². The summed E-state index contributed by atoms with van der Waals surface area (Å²) in [6, 6.07) is 14.4. The molecule has 0 bridgehead atoms. The summed E-state index contributed by atoms with van der Waals surface area (Å²) >= 11 is 0. The predicted octanol–water partition coefficient (Wildman–Crippen LogP) is 4.78. The number of amides is 1. The molecular formula is C25H30FN3O2. The Hall–Kier alpha value is -2.73. The van der Waals surface area contributed by atoms with Gasteiger partial charge in [0.1, 0.15) is 11.6 Å². The number of halogens is 1. The summed E-state index contributed by atoms with van der Waals surface area (Å²) in [5.41, 5.74) is 1.91. The number of methoxy groups -OCH3 is 1. The molecule has 31 heavy (non-hydrogen) atoms. The summed E-state index contributed by atoms with van der Waals surface area (Å²) < 4.78 is 20.0. The van der Waals surface area contributed by atoms with Gasteiger partial charge in [0, 0.05) is 23.6 Å². The van der Waals surface area contributed by atoms with Crippen LogP contribution < -0.4 is 4.74 Å². The maximum absolute atomic E-state index is 14.5. The Bertz CT molecular complexity index is 955. The second-order valence-corrected chi connectivity index (χ2v) is 8.43. The van der Waals surface area contributed by atoms with Crippen LogP contribution in [-0.4, -0.2) is 48.3 Å². The number of hydrogen-bond acceptors (Lipinski definition) is 4. The van der Waals surface area contributed by atoms with Crippen LogP contribution in [0.4, 0.5) is 4.39 Å². The molecule has 1 amide bonds. The number of hydrogen-bond donors (Lipinski definition) is 0. The third-order valence-corrected chi connectivity index (χ3v) is 6.43. The van der Waals surface area contributed by atoms with Crippen molar-refractivity contribution in [3.8, 4) is 5.75 Å². The second kappa shape index (κ2) is 9.60. The first-order valence-corrected chi connectivity index (χ1v) is 11.1. The highest BCUT2D eigenvalue weighted by molar-refractivity contribution is 6.03. The molecule has 0 spiro atoms. The third kappa shape index (κ3) is 4.64. The van der Waals surface area contributed by atoms with Crippen LogP contribution in [0.3, 0.4) is 0 Å². The first-order chi connectivity index (χ1) is 15.1. The van der Waals surface area contributed by atoms with Gasteiger partial charge in [-0.25, -0.2) is 9.40 Å². The SMILES string of the molecule is COc1ccccc1C1CC(c2ccccc2F)=NN1C(=O)CN(C)C1CCCCC1. The Morgan fingerprint density at radius 2 is 1.84 bits per heavy atom. The number of rotatable bonds is 6. The number of likely N-dealkylation sites (N-methyl/N-ethyl adjacent to an activating group) is 1. The van der Waals surface area contributed by atoms with Gasteiger partial charge in [0.15, 0.2) is 0 Å². The number of hydrazone groups is 1. The second-order valence-electron chi connectivity index (χ2n) is 8.43. The van der Waals surface area contributed by atoms with E-state index in [1.54, 1.807) is 30.3 Å². The average molecular weight is 424 g/mol. The molecule has 1 unspecified atom stereocenters. The largest absolute Gasteiger partial charge is 0.496 e. The van der Waals surface area contributed by atoms with Crippen molar-refractivity contribution in [1.29, 1.82) is 0 Å². The number of nitrogens with zero attached hydrogens (tertiary/aromatic N) is 3. The number of benzene rings is 2. The molecule has 1 saturated carbocycles. The van der Waals surface area contributed by atoms with E-state index in [1.807, 2.05) is 31.3 Å². The number of para-hydroxylation sites is 1. The van der Waals surface area contributed by atoms with E-state index < -0.39 is 0 Å². The van der Waals surface area contributed by atoms with Crippen molar-refractivity contribution in [1.82, 2.24) is 9.91 Å². The molecule has 2 aromatic rings. The Kier molecular flexibility index (Phi) is 6.66. The van der Waals surface area contributed by atoms with Gasteiger partial charge in [-0.05, 0) is 32.0 Å². The first kappa shape index (κ1) is 21.5. The van der Waals surface area contributed by atoms with Crippen LogP contribution in [0.15, 0.2) is 53.6 Å². The van der Waals surface area contributed by atoms with E-state index in [0.29, 0.717) is 36.0 Å². The van der Waals surface area contributed by atoms with Gasteiger partial charge < -0.3 is 4.74 Å². The molecule has 6 heteroatoms. The van der Waals surface area contributed by atoms with E-state index in [9.17, 15) is 9.18 Å². The zero-order chi connectivity index (χ0) is 21.8. The molecule has 2 aromatic carbocycles. The highest BCUT2D eigenvalue weighted by Gasteiger charge is 2.36. The minimum absolute atomic E-state index is 0.0738. The summed E-state index contributed by atoms with van der Waals surface area (Å²) in [5, 5.41) is 6.17. The fraction of sp³-hybridized carbons (Fsp3) is 0.440. The van der Waals surface area contributed by atoms with Crippen LogP contribution in [0, 0.1) is 5.82 Å². The Morgan fingerprint density at radius 1 is 1.13 bits per heavy atom. The molecule has 4 rings (SSSR count). The minimum Gasteiger partial charge on any atom is -0.496 e. The number of ether oxygens (including phenoxy) is 1. The van der Waals surface area contributed by atoms with Crippen LogP contribution in [-0.2, 0) is 4.79 Å². The quantitative estimate of drug-likeness (QED) is 0.672. The maximum Gasteiger partial charge on any atom is 0.257 e. The monoisotopic (exact) mass is 423 g/mol. The summed E-state index contributed by atoms with van der Waals surface area (Å²) in [6.45, 7) is 0.296. The van der Waals surface area contributed by atoms with E-state index in [-0.39, 0.29) is 17.8 Å². The highest BCUT2D eigenvalue weighted by atomic mass is 19.1. The fourth-order valence-corrected chi connectivity index (χ4v) is 4.72. The first-order valence-electron chi connectivity index (χ1n) is 11.1. The molecule has 1 aliphatic carbocycles. The van der Waals surface area contributed by atoms with Crippen molar-refractivity contribution >= 4 is 11.6 Å². The van der Waals surface area contributed by atoms with Crippen LogP contribution in [0.2, 0.25) is 0 Å². The predicted molar refractivity (Wildman–Crippen MR) is 120 cm³/mol. The van der Waals surface area contributed by atoms with Gasteiger partial charge in [-0.3, -0.25) is 9.69 Å². The molecule has 1 aliphatic heterocycles. The highest BCUT2D eigenvalue weighted by Crippen LogP contribution is 2.38. The molecule has 0 saturated heterocycles. The topological polar surface area (TPSA) is 45.1 Å². The van der Waals surface area contributed by atoms with E-state index >= 15 is 0 Å².